The summed E-state index contributed by atoms with van der Waals surface area (Å²) in [7, 11) is -4.71. The van der Waals surface area contributed by atoms with Gasteiger partial charge in [0.25, 0.3) is 0 Å². The molecule has 7 heteroatoms. The van der Waals surface area contributed by atoms with Gasteiger partial charge in [-0.1, -0.05) is 0 Å². The van der Waals surface area contributed by atoms with Crippen molar-refractivity contribution in [3.8, 4) is 0 Å². The fourth-order valence-corrected chi connectivity index (χ4v) is 55.1. The first-order valence-corrected chi connectivity index (χ1v) is 21.3. The molecule has 0 aromatic rings. The number of rotatable bonds is 3. The molecule has 0 aliphatic carbocycles. The van der Waals surface area contributed by atoms with Crippen LogP contribution in [0.3, 0.4) is 0 Å². The summed E-state index contributed by atoms with van der Waals surface area (Å²) in [4.78, 5) is 0. The van der Waals surface area contributed by atoms with Crippen LogP contribution in [-0.2, 0) is 8.85 Å². The van der Waals surface area contributed by atoms with Gasteiger partial charge in [0, 0.05) is 0 Å². The third kappa shape index (κ3) is 3.86. The normalized spacial score (nSPS) is 30.5. The molecule has 0 N–H and O–H groups in total. The third-order valence-electron chi connectivity index (χ3n) is 6.20. The number of hydrogen-bond acceptors (Lipinski definition) is 2. The number of hydrogen-bond donors (Lipinski definition) is 0. The summed E-state index contributed by atoms with van der Waals surface area (Å²) in [5.74, 6) is 0.861. The van der Waals surface area contributed by atoms with Gasteiger partial charge in [0.15, 0.2) is 0 Å². The van der Waals surface area contributed by atoms with Crippen LogP contribution in [0.25, 0.3) is 0 Å². The molecule has 1 fully saturated rings. The monoisotopic (exact) mass is 445 g/mol. The molecule has 1 heterocycles. The Morgan fingerprint density at radius 3 is 1.74 bits per heavy atom. The van der Waals surface area contributed by atoms with Crippen LogP contribution in [0.15, 0.2) is 12.3 Å². The van der Waals surface area contributed by atoms with Crippen molar-refractivity contribution in [1.29, 1.82) is 0 Å². The zero-order valence-electron chi connectivity index (χ0n) is 17.0. The molecule has 5 radical (unpaired) electrons. The second-order valence-electron chi connectivity index (χ2n) is 10.2. The van der Waals surface area contributed by atoms with Gasteiger partial charge >= 0.3 is 158 Å². The Balaban J connectivity index is 3.46. The molecule has 0 amide bonds. The summed E-state index contributed by atoms with van der Waals surface area (Å²) in [6, 6.07) is 0. The quantitative estimate of drug-likeness (QED) is 0.590. The van der Waals surface area contributed by atoms with Crippen LogP contribution in [0.4, 0.5) is 0 Å². The van der Waals surface area contributed by atoms with Crippen molar-refractivity contribution >= 4 is 47.8 Å². The van der Waals surface area contributed by atoms with E-state index >= 15 is 0 Å². The second kappa shape index (κ2) is 5.97. The average molecular weight is 444 g/mol. The van der Waals surface area contributed by atoms with Crippen molar-refractivity contribution in [2.75, 3.05) is 0 Å². The molecule has 23 heavy (non-hydrogen) atoms. The van der Waals surface area contributed by atoms with Gasteiger partial charge in [0.2, 0.25) is 0 Å². The van der Waals surface area contributed by atoms with E-state index in [1.54, 1.807) is 0 Å². The van der Waals surface area contributed by atoms with Crippen LogP contribution in [0.2, 0.25) is 36.3 Å². The minimum absolute atomic E-state index is 0.259. The van der Waals surface area contributed by atoms with Crippen molar-refractivity contribution in [2.24, 2.45) is 0 Å². The van der Waals surface area contributed by atoms with E-state index in [-0.39, 0.29) is 9.47 Å². The van der Waals surface area contributed by atoms with Gasteiger partial charge in [0.05, 0.1) is 0 Å². The molecule has 1 saturated heterocycles. The summed E-state index contributed by atoms with van der Waals surface area (Å²) in [6.07, 6.45) is 0. The summed E-state index contributed by atoms with van der Waals surface area (Å²) in [5, 5.41) is 0.615. The second-order valence-corrected chi connectivity index (χ2v) is 39.5. The van der Waals surface area contributed by atoms with Crippen LogP contribution in [-0.4, -0.2) is 52.3 Å². The molecule has 131 valence electrons. The van der Waals surface area contributed by atoms with Gasteiger partial charge in [-0.2, -0.15) is 0 Å². The Hall–Kier alpha value is 0.910. The SMILES string of the molecule is C=C1O[Si@@]([Si][Si](C)(C)C(C)(C)C)([Si](C)(C)C(C)(C)C)O[C@]1(C)[Ge]. The van der Waals surface area contributed by atoms with Crippen molar-refractivity contribution < 1.29 is 8.85 Å². The Morgan fingerprint density at radius 1 is 1.04 bits per heavy atom. The van der Waals surface area contributed by atoms with Crippen LogP contribution < -0.4 is 0 Å². The van der Waals surface area contributed by atoms with Crippen LogP contribution >= 0.6 is 0 Å². The topological polar surface area (TPSA) is 18.5 Å². The van der Waals surface area contributed by atoms with Crippen molar-refractivity contribution in [3.63, 3.8) is 0 Å². The van der Waals surface area contributed by atoms with Crippen molar-refractivity contribution in [3.05, 3.63) is 12.3 Å². The summed E-state index contributed by atoms with van der Waals surface area (Å²) < 4.78 is 13.3. The Morgan fingerprint density at radius 2 is 1.48 bits per heavy atom. The molecule has 1 aliphatic rings. The molecule has 0 aromatic heterocycles. The van der Waals surface area contributed by atoms with E-state index in [1.165, 1.54) is 0 Å². The molecule has 0 saturated carbocycles. The zero-order valence-corrected chi connectivity index (χ0v) is 23.1. The molecule has 2 atom stereocenters. The van der Waals surface area contributed by atoms with E-state index in [1.807, 2.05) is 0 Å². The fourth-order valence-electron chi connectivity index (χ4n) is 2.19. The first-order valence-electron chi connectivity index (χ1n) is 8.42. The van der Waals surface area contributed by atoms with E-state index in [2.05, 4.69) is 97.7 Å². The van der Waals surface area contributed by atoms with Gasteiger partial charge in [-0.25, -0.2) is 0 Å². The van der Waals surface area contributed by atoms with Gasteiger partial charge in [0.1, 0.15) is 0 Å². The van der Waals surface area contributed by atoms with Gasteiger partial charge in [-0.15, -0.1) is 0 Å². The Bertz CT molecular complexity index is 489. The first kappa shape index (κ1) is 22.0. The zero-order chi connectivity index (χ0) is 18.7. The predicted molar refractivity (Wildman–Crippen MR) is 111 cm³/mol. The van der Waals surface area contributed by atoms with Crippen molar-refractivity contribution in [2.45, 2.75) is 89.2 Å². The molecule has 2 nitrogen and oxygen atoms in total. The molecule has 0 aromatic carbocycles. The van der Waals surface area contributed by atoms with E-state index in [0.29, 0.717) is 5.04 Å². The standard InChI is InChI=1S/C16H35GeO2Si4/c1-13-16(8,17)19-23(18-13,22(11,12)15(5,6)7)20-21(9,10)14(2,3)4/h1H2,2-12H3/t16-,23+/m0/s1. The van der Waals surface area contributed by atoms with Gasteiger partial charge < -0.3 is 0 Å². The Kier molecular flexibility index (Phi) is 5.70. The Labute approximate surface area is 157 Å². The average Bonchev–Trinajstić information content (AvgIpc) is 2.45. The molecular formula is C16H35GeO2Si4. The maximum atomic E-state index is 6.90. The van der Waals surface area contributed by atoms with E-state index in [4.69, 9.17) is 8.85 Å². The van der Waals surface area contributed by atoms with Crippen molar-refractivity contribution in [1.82, 2.24) is 0 Å². The minimum atomic E-state index is -2.31. The van der Waals surface area contributed by atoms with Crippen LogP contribution in [0.1, 0.15) is 48.5 Å². The van der Waals surface area contributed by atoms with Gasteiger partial charge in [-0.3, -0.25) is 0 Å². The van der Waals surface area contributed by atoms with Gasteiger partial charge in [-0.05, 0) is 0 Å². The molecular weight excluding hydrogens is 409 g/mol. The molecule has 0 bridgehead atoms. The van der Waals surface area contributed by atoms with Crippen LogP contribution in [0.5, 0.6) is 0 Å². The first-order chi connectivity index (χ1) is 9.79. The third-order valence-corrected chi connectivity index (χ3v) is 49.9. The molecule has 0 spiro atoms. The van der Waals surface area contributed by atoms with Crippen LogP contribution in [0, 0.1) is 0 Å². The molecule has 1 rings (SSSR count). The maximum absolute atomic E-state index is 6.90. The van der Waals surface area contributed by atoms with E-state index in [9.17, 15) is 0 Å². The summed E-state index contributed by atoms with van der Waals surface area (Å²) >= 11 is 2.13. The van der Waals surface area contributed by atoms with E-state index in [0.717, 1.165) is 14.3 Å². The van der Waals surface area contributed by atoms with E-state index < -0.39 is 22.8 Å². The predicted octanol–water partition coefficient (Wildman–Crippen LogP) is 4.67. The summed E-state index contributed by atoms with van der Waals surface area (Å²) in [6.45, 7) is 30.7. The molecule has 1 aliphatic heterocycles. The molecule has 0 unspecified atom stereocenters. The summed E-state index contributed by atoms with van der Waals surface area (Å²) in [5.41, 5.74) is 0. The fraction of sp³-hybridized carbons (Fsp3) is 0.875.